The summed E-state index contributed by atoms with van der Waals surface area (Å²) >= 11 is 9.43. The molecule has 1 nitrogen and oxygen atoms in total. The molecule has 0 bridgehead atoms. The molecule has 0 amide bonds. The van der Waals surface area contributed by atoms with Crippen LogP contribution in [-0.4, -0.2) is 17.5 Å². The minimum absolute atomic E-state index is 0.378. The van der Waals surface area contributed by atoms with Gasteiger partial charge in [0.15, 0.2) is 0 Å². The van der Waals surface area contributed by atoms with Crippen LogP contribution in [0.15, 0.2) is 11.4 Å². The fraction of sp³-hybridized carbons (Fsp3) is 0.556. The van der Waals surface area contributed by atoms with E-state index < -0.39 is 0 Å². The molecule has 4 heteroatoms. The maximum absolute atomic E-state index is 5.98. The van der Waals surface area contributed by atoms with Crippen LogP contribution in [0.3, 0.4) is 0 Å². The average molecular weight is 234 g/mol. The van der Waals surface area contributed by atoms with E-state index in [1.54, 1.807) is 11.3 Å². The average Bonchev–Trinajstić information content (AvgIpc) is 2.64. The molecular weight excluding hydrogens is 222 g/mol. The van der Waals surface area contributed by atoms with E-state index >= 15 is 0 Å². The number of rotatable bonds is 2. The van der Waals surface area contributed by atoms with E-state index in [9.17, 15) is 0 Å². The molecule has 2 atom stereocenters. The summed E-state index contributed by atoms with van der Waals surface area (Å²) in [6, 6.07) is 2.44. The van der Waals surface area contributed by atoms with Gasteiger partial charge in [-0.1, -0.05) is 11.6 Å². The molecule has 0 aliphatic carbocycles. The molecule has 72 valence electrons. The minimum atomic E-state index is 0.378. The van der Waals surface area contributed by atoms with Gasteiger partial charge in [-0.25, -0.2) is 0 Å². The maximum atomic E-state index is 5.98. The normalized spacial score (nSPS) is 28.2. The van der Waals surface area contributed by atoms with Crippen LogP contribution < -0.4 is 5.73 Å². The van der Waals surface area contributed by atoms with Crippen molar-refractivity contribution in [3.05, 3.63) is 21.3 Å². The van der Waals surface area contributed by atoms with Crippen LogP contribution in [0.25, 0.3) is 0 Å². The molecule has 1 aromatic heterocycles. The van der Waals surface area contributed by atoms with Gasteiger partial charge in [-0.2, -0.15) is 11.8 Å². The van der Waals surface area contributed by atoms with Gasteiger partial charge in [-0.3, -0.25) is 0 Å². The molecule has 2 heterocycles. The maximum Gasteiger partial charge on any atom is 0.0931 e. The Morgan fingerprint density at radius 3 is 2.92 bits per heavy atom. The Labute approximate surface area is 91.7 Å². The van der Waals surface area contributed by atoms with E-state index in [0.29, 0.717) is 12.0 Å². The summed E-state index contributed by atoms with van der Waals surface area (Å²) in [4.78, 5) is 0. The molecule has 1 aliphatic heterocycles. The van der Waals surface area contributed by atoms with Gasteiger partial charge < -0.3 is 5.73 Å². The Morgan fingerprint density at radius 1 is 1.54 bits per heavy atom. The highest BCUT2D eigenvalue weighted by atomic mass is 35.5. The predicted octanol–water partition coefficient (Wildman–Crippen LogP) is 2.63. The third kappa shape index (κ3) is 2.40. The highest BCUT2D eigenvalue weighted by molar-refractivity contribution is 7.99. The zero-order valence-corrected chi connectivity index (χ0v) is 9.59. The van der Waals surface area contributed by atoms with Crippen LogP contribution in [0.2, 0.25) is 4.34 Å². The second-order valence-corrected chi connectivity index (χ2v) is 6.04. The summed E-state index contributed by atoms with van der Waals surface area (Å²) in [5.41, 5.74) is 7.33. The Hall–Kier alpha value is 0.300. The third-order valence-corrected chi connectivity index (χ3v) is 4.79. The Balaban J connectivity index is 1.97. The van der Waals surface area contributed by atoms with Gasteiger partial charge in [0.25, 0.3) is 0 Å². The summed E-state index contributed by atoms with van der Waals surface area (Å²) in [6.45, 7) is 0. The summed E-state index contributed by atoms with van der Waals surface area (Å²) in [6.07, 6.45) is 1.09. The molecule has 13 heavy (non-hydrogen) atoms. The number of thioether (sulfide) groups is 1. The molecular formula is C9H12ClNS2. The van der Waals surface area contributed by atoms with Crippen molar-refractivity contribution in [2.45, 2.75) is 12.5 Å². The van der Waals surface area contributed by atoms with Crippen molar-refractivity contribution in [2.24, 2.45) is 11.7 Å². The van der Waals surface area contributed by atoms with Gasteiger partial charge in [0.1, 0.15) is 0 Å². The molecule has 0 radical (unpaired) electrons. The summed E-state index contributed by atoms with van der Waals surface area (Å²) in [5.74, 6) is 2.97. The van der Waals surface area contributed by atoms with Gasteiger partial charge in [0.2, 0.25) is 0 Å². The van der Waals surface area contributed by atoms with Crippen LogP contribution >= 0.6 is 34.7 Å². The molecule has 0 spiro atoms. The second kappa shape index (κ2) is 4.22. The standard InChI is InChI=1S/C9H12ClNS2/c10-9-2-6(3-13-9)1-7-4-12-5-8(7)11/h2-3,7-8H,1,4-5,11H2. The van der Waals surface area contributed by atoms with Crippen molar-refractivity contribution in [2.75, 3.05) is 11.5 Å². The van der Waals surface area contributed by atoms with E-state index in [2.05, 4.69) is 11.4 Å². The number of hydrogen-bond donors (Lipinski definition) is 1. The van der Waals surface area contributed by atoms with Crippen molar-refractivity contribution >= 4 is 34.7 Å². The molecule has 2 rings (SSSR count). The molecule has 0 saturated carbocycles. The zero-order valence-electron chi connectivity index (χ0n) is 7.20. The monoisotopic (exact) mass is 233 g/mol. The second-order valence-electron chi connectivity index (χ2n) is 3.42. The van der Waals surface area contributed by atoms with Gasteiger partial charge in [0.05, 0.1) is 4.34 Å². The van der Waals surface area contributed by atoms with Crippen molar-refractivity contribution in [3.8, 4) is 0 Å². The first-order valence-corrected chi connectivity index (χ1v) is 6.73. The largest absolute Gasteiger partial charge is 0.327 e. The van der Waals surface area contributed by atoms with Crippen molar-refractivity contribution < 1.29 is 0 Å². The first kappa shape index (κ1) is 9.84. The molecule has 2 N–H and O–H groups in total. The number of thiophene rings is 1. The fourth-order valence-corrected chi connectivity index (χ4v) is 3.85. The molecule has 1 aliphatic rings. The van der Waals surface area contributed by atoms with E-state index in [1.165, 1.54) is 11.3 Å². The lowest BCUT2D eigenvalue weighted by molar-refractivity contribution is 0.516. The molecule has 1 saturated heterocycles. The Bertz CT molecular complexity index is 287. The number of nitrogens with two attached hydrogens (primary N) is 1. The molecule has 2 unspecified atom stereocenters. The predicted molar refractivity (Wildman–Crippen MR) is 61.8 cm³/mol. The first-order chi connectivity index (χ1) is 6.25. The van der Waals surface area contributed by atoms with Crippen LogP contribution in [0.1, 0.15) is 5.56 Å². The van der Waals surface area contributed by atoms with E-state index in [0.717, 1.165) is 16.5 Å². The molecule has 0 aromatic carbocycles. The summed E-state index contributed by atoms with van der Waals surface area (Å²) in [5, 5.41) is 2.14. The highest BCUT2D eigenvalue weighted by Crippen LogP contribution is 2.28. The smallest absolute Gasteiger partial charge is 0.0931 e. The third-order valence-electron chi connectivity index (χ3n) is 2.37. The molecule has 1 aromatic rings. The van der Waals surface area contributed by atoms with Crippen molar-refractivity contribution in [1.29, 1.82) is 0 Å². The van der Waals surface area contributed by atoms with E-state index in [-0.39, 0.29) is 0 Å². The lowest BCUT2D eigenvalue weighted by Gasteiger charge is -2.12. The van der Waals surface area contributed by atoms with Gasteiger partial charge >= 0.3 is 0 Å². The van der Waals surface area contributed by atoms with Crippen LogP contribution in [0, 0.1) is 5.92 Å². The van der Waals surface area contributed by atoms with E-state index in [1.807, 2.05) is 11.8 Å². The highest BCUT2D eigenvalue weighted by Gasteiger charge is 2.24. The van der Waals surface area contributed by atoms with Gasteiger partial charge in [-0.05, 0) is 35.1 Å². The van der Waals surface area contributed by atoms with Gasteiger partial charge in [-0.15, -0.1) is 11.3 Å². The number of halogens is 1. The number of hydrogen-bond acceptors (Lipinski definition) is 3. The summed E-state index contributed by atoms with van der Waals surface area (Å²) in [7, 11) is 0. The molecule has 1 fully saturated rings. The van der Waals surface area contributed by atoms with Crippen molar-refractivity contribution in [3.63, 3.8) is 0 Å². The summed E-state index contributed by atoms with van der Waals surface area (Å²) < 4.78 is 0.884. The first-order valence-electron chi connectivity index (χ1n) is 4.32. The lowest BCUT2D eigenvalue weighted by Crippen LogP contribution is -2.29. The Morgan fingerprint density at radius 2 is 2.38 bits per heavy atom. The van der Waals surface area contributed by atoms with Gasteiger partial charge in [0, 0.05) is 11.8 Å². The van der Waals surface area contributed by atoms with Crippen LogP contribution in [0.4, 0.5) is 0 Å². The SMILES string of the molecule is NC1CSCC1Cc1csc(Cl)c1. The Kier molecular flexibility index (Phi) is 3.19. The quantitative estimate of drug-likeness (QED) is 0.850. The lowest BCUT2D eigenvalue weighted by atomic mass is 9.97. The van der Waals surface area contributed by atoms with E-state index in [4.69, 9.17) is 17.3 Å². The van der Waals surface area contributed by atoms with Crippen LogP contribution in [0.5, 0.6) is 0 Å². The fourth-order valence-electron chi connectivity index (χ4n) is 1.58. The zero-order chi connectivity index (χ0) is 9.26. The topological polar surface area (TPSA) is 26.0 Å². The minimum Gasteiger partial charge on any atom is -0.327 e. The van der Waals surface area contributed by atoms with Crippen LogP contribution in [-0.2, 0) is 6.42 Å². The van der Waals surface area contributed by atoms with Crippen molar-refractivity contribution in [1.82, 2.24) is 0 Å².